The number of carboxylic acid groups (broad SMARTS) is 5. The van der Waals surface area contributed by atoms with Gasteiger partial charge in [-0.15, -0.1) is 0 Å². The number of aromatic carboxylic acids is 5. The largest absolute Gasteiger partial charge is 0.493 e. The van der Waals surface area contributed by atoms with Crippen molar-refractivity contribution in [3.63, 3.8) is 0 Å². The van der Waals surface area contributed by atoms with Crippen molar-refractivity contribution in [2.75, 3.05) is 73.2 Å². The van der Waals surface area contributed by atoms with Gasteiger partial charge in [-0.3, -0.25) is 0 Å². The Morgan fingerprint density at radius 2 is 0.599 bits per heavy atom. The summed E-state index contributed by atoms with van der Waals surface area (Å²) in [5.74, 6) is 2.63. The molecule has 1 unspecified atom stereocenters. The third-order valence-corrected chi connectivity index (χ3v) is 23.3. The van der Waals surface area contributed by atoms with E-state index in [1.165, 1.54) is 50.9 Å². The van der Waals surface area contributed by atoms with Gasteiger partial charge in [0.05, 0.1) is 127 Å². The summed E-state index contributed by atoms with van der Waals surface area (Å²) in [5.41, 5.74) is 14.4. The first-order chi connectivity index (χ1) is 71.5. The summed E-state index contributed by atoms with van der Waals surface area (Å²) in [6.45, 7) is 11.6. The summed E-state index contributed by atoms with van der Waals surface area (Å²) in [6, 6.07) is 62.3. The molecule has 18 rings (SSSR count). The third-order valence-electron chi connectivity index (χ3n) is 23.3. The second-order valence-corrected chi connectivity index (χ2v) is 34.2. The molecule has 10 aromatic carbocycles. The summed E-state index contributed by atoms with van der Waals surface area (Å²) in [7, 11) is 6.49. The van der Waals surface area contributed by atoms with Gasteiger partial charge in [-0.05, 0) is 266 Å². The number of aromatic nitrogens is 10. The van der Waals surface area contributed by atoms with Crippen molar-refractivity contribution in [1.82, 2.24) is 49.8 Å². The molecular formula is C112H113N15O20. The van der Waals surface area contributed by atoms with Crippen molar-refractivity contribution in [2.45, 2.75) is 123 Å². The molecule has 5 aromatic heterocycles. The quantitative estimate of drug-likeness (QED) is 0.0207. The molecule has 35 nitrogen and oxygen atoms in total. The van der Waals surface area contributed by atoms with Gasteiger partial charge in [0, 0.05) is 165 Å². The van der Waals surface area contributed by atoms with Crippen LogP contribution in [0.2, 0.25) is 0 Å². The highest BCUT2D eigenvalue weighted by Gasteiger charge is 2.29. The highest BCUT2D eigenvalue weighted by Crippen LogP contribution is 2.45. The average molecular weight is 1990 g/mol. The number of hydrogen-bond donors (Lipinski definition) is 6. The Kier molecular flexibility index (Phi) is 37.1. The zero-order chi connectivity index (χ0) is 104. The summed E-state index contributed by atoms with van der Waals surface area (Å²) in [5, 5.41) is 49.3. The Balaban J connectivity index is 0.000000145. The van der Waals surface area contributed by atoms with Crippen LogP contribution in [0, 0.1) is 5.92 Å². The number of nitrogens with zero attached hydrogens (tertiary/aromatic N) is 14. The fourth-order valence-electron chi connectivity index (χ4n) is 15.3. The highest BCUT2D eigenvalue weighted by molar-refractivity contribution is 5.91. The van der Waals surface area contributed by atoms with Crippen LogP contribution in [-0.4, -0.2) is 172 Å². The number of carboxylic acids is 5. The molecule has 15 aromatic rings. The van der Waals surface area contributed by atoms with Crippen LogP contribution in [0.1, 0.15) is 164 Å². The standard InChI is InChI=1S/2C23H23N3O4.C22H21N3O4.2C22H23N3O4/c1-29-21-9-8-20(10-22(21)30-14-16-2-3-16)26(13-17-11-24-15-25-12-17)19-6-4-18(5-7-19)23(27)28;1-29-21-10-9-19(11-22(21)30-20-3-2-4-20)26(14-16-12-24-15-25-13-16)18-7-5-17(6-8-18)23(27)28;1-28-20-9-6-18(10-21(20)29-19-7-8-19)25(13-15-11-23-14-24-12-15)17-4-2-16(3-5-17)22(26)27;1-15(2)29-21-10-19(8-9-20(21)28-3)25(13-16-11-23-14-24-12-16)18-6-4-17(5-7-18)22(26)27;1-3-28-19-10-7-16(11-20(19)29-4-2)21(17-12-23-14-24-13-17)25-18-8-5-15(6-9-18)22(26)27/h4-12,15-16H,2-3,13-14H2,1H3,(H,27,28);5-13,15,20H,2-4,14H2,1H3,(H,27,28);2-6,9-12,14,19H,7-8,13H2,1H3,(H,26,27);4-12,14-15H,13H2,1-3H3,(H,26,27);5-14,21,25H,3-4H2,1-2H3,(H,26,27). The average Bonchev–Trinajstić information content (AvgIpc) is 1.43. The van der Waals surface area contributed by atoms with E-state index in [0.29, 0.717) is 109 Å². The summed E-state index contributed by atoms with van der Waals surface area (Å²) >= 11 is 0. The van der Waals surface area contributed by atoms with Crippen LogP contribution in [0.3, 0.4) is 0 Å². The van der Waals surface area contributed by atoms with Crippen molar-refractivity contribution in [2.24, 2.45) is 5.92 Å². The molecule has 756 valence electrons. The van der Waals surface area contributed by atoms with Gasteiger partial charge in [-0.1, -0.05) is 6.07 Å². The Bertz CT molecular complexity index is 6640. The summed E-state index contributed by atoms with van der Waals surface area (Å²) in [6.07, 6.45) is 33.3. The van der Waals surface area contributed by atoms with Crippen LogP contribution in [0.25, 0.3) is 0 Å². The van der Waals surface area contributed by atoms with Crippen LogP contribution >= 0.6 is 0 Å². The second-order valence-electron chi connectivity index (χ2n) is 34.2. The predicted molar refractivity (Wildman–Crippen MR) is 553 cm³/mol. The fourth-order valence-corrected chi connectivity index (χ4v) is 15.3. The van der Waals surface area contributed by atoms with Crippen LogP contribution < -0.4 is 72.3 Å². The fraction of sp³-hybridized carbons (Fsp3) is 0.241. The molecule has 0 radical (unpaired) electrons. The lowest BCUT2D eigenvalue weighted by atomic mass is 9.96. The minimum atomic E-state index is -0.961. The van der Waals surface area contributed by atoms with E-state index in [-0.39, 0.29) is 52.2 Å². The van der Waals surface area contributed by atoms with Gasteiger partial charge in [-0.2, -0.15) is 0 Å². The predicted octanol–water partition coefficient (Wildman–Crippen LogP) is 21.3. The van der Waals surface area contributed by atoms with Gasteiger partial charge in [0.15, 0.2) is 57.5 Å². The van der Waals surface area contributed by atoms with E-state index in [2.05, 4.69) is 69.9 Å². The molecule has 5 heterocycles. The summed E-state index contributed by atoms with van der Waals surface area (Å²) < 4.78 is 57.3. The van der Waals surface area contributed by atoms with Gasteiger partial charge in [0.25, 0.3) is 0 Å². The number of anilines is 9. The van der Waals surface area contributed by atoms with Crippen molar-refractivity contribution in [3.05, 3.63) is 367 Å². The second kappa shape index (κ2) is 52.1. The van der Waals surface area contributed by atoms with Crippen LogP contribution in [0.4, 0.5) is 51.2 Å². The zero-order valence-corrected chi connectivity index (χ0v) is 82.3. The smallest absolute Gasteiger partial charge is 0.335 e. The molecule has 147 heavy (non-hydrogen) atoms. The van der Waals surface area contributed by atoms with Crippen LogP contribution in [-0.2, 0) is 26.2 Å². The van der Waals surface area contributed by atoms with E-state index in [9.17, 15) is 44.4 Å². The Labute approximate surface area is 850 Å². The zero-order valence-electron chi connectivity index (χ0n) is 82.3. The van der Waals surface area contributed by atoms with E-state index >= 15 is 0 Å². The maximum Gasteiger partial charge on any atom is 0.335 e. The lowest BCUT2D eigenvalue weighted by Crippen LogP contribution is -2.25. The SMILES string of the molecule is CCOc1ccc(C(Nc2ccc(C(=O)O)cc2)c2cncnc2)cc1OCC.COc1ccc(N(Cc2cncnc2)c2ccc(C(=O)O)cc2)cc1OC(C)C.COc1ccc(N(Cc2cncnc2)c2ccc(C(=O)O)cc2)cc1OC1CC1.COc1ccc(N(Cc2cncnc2)c2ccc(C(=O)O)cc2)cc1OC1CCC1.COc1ccc(N(Cc2cncnc2)c2ccc(C(=O)O)cc2)cc1OCC1CC1. The van der Waals surface area contributed by atoms with Gasteiger partial charge in [0.2, 0.25) is 0 Å². The molecule has 0 spiro atoms. The van der Waals surface area contributed by atoms with Crippen molar-refractivity contribution >= 4 is 81.0 Å². The van der Waals surface area contributed by atoms with E-state index < -0.39 is 29.8 Å². The molecule has 3 aliphatic carbocycles. The first-order valence-electron chi connectivity index (χ1n) is 47.5. The van der Waals surface area contributed by atoms with E-state index in [0.717, 1.165) is 110 Å². The van der Waals surface area contributed by atoms with E-state index in [1.54, 1.807) is 212 Å². The van der Waals surface area contributed by atoms with E-state index in [4.69, 9.17) is 52.5 Å². The third kappa shape index (κ3) is 30.0. The molecule has 6 N–H and O–H groups in total. The van der Waals surface area contributed by atoms with E-state index in [1.807, 2.05) is 124 Å². The maximum atomic E-state index is 11.2. The number of benzene rings is 10. The number of nitrogens with one attached hydrogen (secondary N) is 1. The molecule has 3 fully saturated rings. The molecule has 1 atom stereocenters. The van der Waals surface area contributed by atoms with Crippen LogP contribution in [0.5, 0.6) is 57.5 Å². The number of carbonyl (C=O) groups is 5. The normalized spacial score (nSPS) is 12.3. The Morgan fingerprint density at radius 3 is 0.905 bits per heavy atom. The van der Waals surface area contributed by atoms with Crippen LogP contribution in [0.15, 0.2) is 306 Å². The maximum absolute atomic E-state index is 11.2. The first kappa shape index (κ1) is 105. The molecule has 3 saturated carbocycles. The minimum Gasteiger partial charge on any atom is -0.493 e. The molecule has 35 heteroatoms. The number of hydrogen-bond acceptors (Lipinski definition) is 30. The number of ether oxygens (including phenoxy) is 10. The Hall–Kier alpha value is -18.1. The number of methoxy groups -OCH3 is 4. The van der Waals surface area contributed by atoms with Gasteiger partial charge < -0.3 is 97.8 Å². The van der Waals surface area contributed by atoms with Gasteiger partial charge >= 0.3 is 29.8 Å². The van der Waals surface area contributed by atoms with Crippen molar-refractivity contribution < 1.29 is 96.9 Å². The lowest BCUT2D eigenvalue weighted by Gasteiger charge is -2.29. The Morgan fingerprint density at radius 1 is 0.313 bits per heavy atom. The van der Waals surface area contributed by atoms with Crippen molar-refractivity contribution in [3.8, 4) is 57.5 Å². The lowest BCUT2D eigenvalue weighted by molar-refractivity contribution is 0.0686. The molecule has 0 saturated heterocycles. The first-order valence-corrected chi connectivity index (χ1v) is 47.5. The molecule has 0 aliphatic heterocycles. The number of rotatable bonds is 42. The highest BCUT2D eigenvalue weighted by atomic mass is 16.5. The topological polar surface area (TPSA) is 433 Å². The molecular weight excluding hydrogens is 1880 g/mol. The monoisotopic (exact) mass is 1990 g/mol. The minimum absolute atomic E-state index is 0.00928. The summed E-state index contributed by atoms with van der Waals surface area (Å²) in [4.78, 5) is 105. The molecule has 0 amide bonds. The van der Waals surface area contributed by atoms with Gasteiger partial charge in [0.1, 0.15) is 31.6 Å². The molecule has 3 aliphatic rings. The van der Waals surface area contributed by atoms with Gasteiger partial charge in [-0.25, -0.2) is 73.8 Å². The molecule has 0 bridgehead atoms. The van der Waals surface area contributed by atoms with Crippen molar-refractivity contribution in [1.29, 1.82) is 0 Å².